The highest BCUT2D eigenvalue weighted by Gasteiger charge is 2.35. The molecule has 8 heteroatoms. The number of hydrogen-bond donors (Lipinski definition) is 1. The van der Waals surface area contributed by atoms with E-state index in [9.17, 15) is 13.2 Å². The summed E-state index contributed by atoms with van der Waals surface area (Å²) in [6.45, 7) is 3.65. The van der Waals surface area contributed by atoms with Crippen LogP contribution in [0.3, 0.4) is 0 Å². The van der Waals surface area contributed by atoms with E-state index in [1.165, 1.54) is 0 Å². The Balaban J connectivity index is 0.00000264. The van der Waals surface area contributed by atoms with Gasteiger partial charge in [-0.05, 0) is 36.1 Å². The lowest BCUT2D eigenvalue weighted by molar-refractivity contribution is -0.127. The average molecular weight is 426 g/mol. The maximum Gasteiger partial charge on any atom is 0.237 e. The van der Waals surface area contributed by atoms with Gasteiger partial charge in [-0.15, -0.1) is 12.4 Å². The highest BCUT2D eigenvalue weighted by molar-refractivity contribution is 9.10. The lowest BCUT2D eigenvalue weighted by atomic mass is 9.90. The van der Waals surface area contributed by atoms with Crippen molar-refractivity contribution in [3.63, 3.8) is 0 Å². The van der Waals surface area contributed by atoms with Gasteiger partial charge < -0.3 is 10.6 Å². The van der Waals surface area contributed by atoms with E-state index in [2.05, 4.69) is 15.9 Å². The summed E-state index contributed by atoms with van der Waals surface area (Å²) in [5, 5.41) is 0. The van der Waals surface area contributed by atoms with Gasteiger partial charge in [0.2, 0.25) is 5.91 Å². The van der Waals surface area contributed by atoms with Gasteiger partial charge in [-0.1, -0.05) is 35.0 Å². The van der Waals surface area contributed by atoms with Gasteiger partial charge >= 0.3 is 0 Å². The van der Waals surface area contributed by atoms with E-state index in [4.69, 9.17) is 5.73 Å². The van der Waals surface area contributed by atoms with Crippen LogP contribution in [0, 0.1) is 5.41 Å². The minimum atomic E-state index is -3.47. The summed E-state index contributed by atoms with van der Waals surface area (Å²) in [5.41, 5.74) is 6.30. The molecule has 1 atom stereocenters. The number of benzene rings is 1. The van der Waals surface area contributed by atoms with Crippen molar-refractivity contribution in [1.82, 2.24) is 4.90 Å². The molecule has 2 N–H and O–H groups in total. The Hall–Kier alpha value is -0.630. The van der Waals surface area contributed by atoms with Gasteiger partial charge in [0.15, 0.2) is 9.84 Å². The van der Waals surface area contributed by atoms with Gasteiger partial charge in [0.25, 0.3) is 0 Å². The Morgan fingerprint density at radius 1 is 1.35 bits per heavy atom. The summed E-state index contributed by atoms with van der Waals surface area (Å²) in [6.07, 6.45) is 0.821. The van der Waals surface area contributed by atoms with Crippen LogP contribution in [0.4, 0.5) is 0 Å². The van der Waals surface area contributed by atoms with Gasteiger partial charge in [0.05, 0.1) is 5.75 Å². The van der Waals surface area contributed by atoms with Crippen molar-refractivity contribution >= 4 is 44.1 Å². The van der Waals surface area contributed by atoms with Crippen LogP contribution in [0.15, 0.2) is 28.7 Å². The van der Waals surface area contributed by atoms with Crippen molar-refractivity contribution in [2.75, 3.05) is 25.4 Å². The van der Waals surface area contributed by atoms with E-state index < -0.39 is 15.6 Å². The molecule has 1 amide bonds. The third kappa shape index (κ3) is 5.74. The summed E-state index contributed by atoms with van der Waals surface area (Å²) in [6, 6.07) is 7.07. The number of carbonyl (C=O) groups is 1. The second-order valence-electron chi connectivity index (χ2n) is 6.24. The van der Waals surface area contributed by atoms with E-state index >= 15 is 0 Å². The van der Waals surface area contributed by atoms with Gasteiger partial charge in [0, 0.05) is 17.6 Å². The van der Waals surface area contributed by atoms with E-state index in [1.54, 1.807) is 29.2 Å². The summed E-state index contributed by atoms with van der Waals surface area (Å²) >= 11 is 3.31. The Labute approximate surface area is 152 Å². The van der Waals surface area contributed by atoms with E-state index in [0.717, 1.165) is 10.9 Å². The molecule has 1 fully saturated rings. The lowest BCUT2D eigenvalue weighted by Crippen LogP contribution is -2.37. The highest BCUT2D eigenvalue weighted by Crippen LogP contribution is 2.28. The Morgan fingerprint density at radius 2 is 1.96 bits per heavy atom. The number of amides is 1. The van der Waals surface area contributed by atoms with Crippen molar-refractivity contribution in [3.8, 4) is 0 Å². The molecule has 1 unspecified atom stereocenters. The van der Waals surface area contributed by atoms with Gasteiger partial charge in [-0.3, -0.25) is 4.79 Å². The Bertz CT molecular complexity index is 651. The molecule has 0 radical (unpaired) electrons. The molecule has 0 bridgehead atoms. The van der Waals surface area contributed by atoms with E-state index in [-0.39, 0.29) is 29.5 Å². The molecule has 130 valence electrons. The highest BCUT2D eigenvalue weighted by atomic mass is 79.9. The smallest absolute Gasteiger partial charge is 0.237 e. The minimum absolute atomic E-state index is 0. The van der Waals surface area contributed by atoms with E-state index in [1.807, 2.05) is 6.92 Å². The number of sulfone groups is 1. The average Bonchev–Trinajstić information content (AvgIpc) is 2.84. The summed E-state index contributed by atoms with van der Waals surface area (Å²) < 4.78 is 25.3. The molecule has 0 aromatic heterocycles. The van der Waals surface area contributed by atoms with Crippen LogP contribution >= 0.6 is 28.3 Å². The third-order valence-electron chi connectivity index (χ3n) is 4.05. The fourth-order valence-electron chi connectivity index (χ4n) is 2.57. The second kappa shape index (κ2) is 7.96. The van der Waals surface area contributed by atoms with Crippen LogP contribution in [0.5, 0.6) is 0 Å². The van der Waals surface area contributed by atoms with Crippen molar-refractivity contribution in [3.05, 3.63) is 34.3 Å². The normalized spacial score (nSPS) is 21.1. The van der Waals surface area contributed by atoms with Gasteiger partial charge in [0.1, 0.15) is 5.75 Å². The van der Waals surface area contributed by atoms with Crippen LogP contribution in [0.25, 0.3) is 0 Å². The zero-order chi connectivity index (χ0) is 16.4. The number of hydrogen-bond acceptors (Lipinski definition) is 4. The van der Waals surface area contributed by atoms with Gasteiger partial charge in [-0.25, -0.2) is 8.42 Å². The molecular formula is C15H22BrClN2O3S. The summed E-state index contributed by atoms with van der Waals surface area (Å²) in [5.74, 6) is -0.883. The summed E-state index contributed by atoms with van der Waals surface area (Å²) in [4.78, 5) is 13.8. The number of rotatable bonds is 5. The zero-order valence-corrected chi connectivity index (χ0v) is 16.2. The molecule has 1 aromatic rings. The van der Waals surface area contributed by atoms with Crippen LogP contribution in [-0.2, 0) is 20.4 Å². The predicted molar refractivity (Wildman–Crippen MR) is 97.2 cm³/mol. The van der Waals surface area contributed by atoms with Crippen molar-refractivity contribution in [2.24, 2.45) is 11.1 Å². The quantitative estimate of drug-likeness (QED) is 0.782. The number of nitrogens with zero attached hydrogens (tertiary/aromatic N) is 1. The molecule has 0 spiro atoms. The molecule has 1 aliphatic rings. The largest absolute Gasteiger partial charge is 0.341 e. The lowest BCUT2D eigenvalue weighted by Gasteiger charge is -2.22. The number of likely N-dealkylation sites (tertiary alicyclic amines) is 1. The molecule has 5 nitrogen and oxygen atoms in total. The Kier molecular flexibility index (Phi) is 7.07. The Morgan fingerprint density at radius 3 is 2.48 bits per heavy atom. The third-order valence-corrected chi connectivity index (χ3v) is 6.04. The van der Waals surface area contributed by atoms with Crippen LogP contribution in [-0.4, -0.2) is 44.6 Å². The fraction of sp³-hybridized carbons (Fsp3) is 0.533. The number of carbonyl (C=O) groups excluding carboxylic acids is 1. The van der Waals surface area contributed by atoms with Gasteiger partial charge in [-0.2, -0.15) is 0 Å². The first-order chi connectivity index (χ1) is 10.2. The SMILES string of the molecule is CC1(CN)CCN(C(=O)CS(=O)(=O)Cc2ccc(Br)cc2)C1.Cl. The zero-order valence-electron chi connectivity index (χ0n) is 13.0. The molecule has 0 aliphatic carbocycles. The first-order valence-electron chi connectivity index (χ1n) is 7.16. The molecule has 1 aliphatic heterocycles. The predicted octanol–water partition coefficient (Wildman–Crippen LogP) is 1.98. The molecular weight excluding hydrogens is 404 g/mol. The van der Waals surface area contributed by atoms with Crippen molar-refractivity contribution in [2.45, 2.75) is 19.1 Å². The minimum Gasteiger partial charge on any atom is -0.341 e. The molecule has 2 rings (SSSR count). The standard InChI is InChI=1S/C15H21BrN2O3S.ClH/c1-15(10-17)6-7-18(11-15)14(19)9-22(20,21)8-12-2-4-13(16)5-3-12;/h2-5H,6-11,17H2,1H3;1H. The molecule has 1 aromatic carbocycles. The van der Waals surface area contributed by atoms with E-state index in [0.29, 0.717) is 25.2 Å². The van der Waals surface area contributed by atoms with Crippen molar-refractivity contribution < 1.29 is 13.2 Å². The topological polar surface area (TPSA) is 80.5 Å². The molecule has 23 heavy (non-hydrogen) atoms. The van der Waals surface area contributed by atoms with Crippen molar-refractivity contribution in [1.29, 1.82) is 0 Å². The molecule has 1 saturated heterocycles. The maximum absolute atomic E-state index is 12.2. The fourth-order valence-corrected chi connectivity index (χ4v) is 4.19. The first kappa shape index (κ1) is 20.4. The first-order valence-corrected chi connectivity index (χ1v) is 9.77. The monoisotopic (exact) mass is 424 g/mol. The second-order valence-corrected chi connectivity index (χ2v) is 9.22. The number of halogens is 2. The van der Waals surface area contributed by atoms with Crippen LogP contribution in [0.1, 0.15) is 18.9 Å². The summed E-state index contributed by atoms with van der Waals surface area (Å²) in [7, 11) is -3.47. The van der Waals surface area contributed by atoms with Crippen LogP contribution in [0.2, 0.25) is 0 Å². The molecule has 1 heterocycles. The maximum atomic E-state index is 12.2. The number of nitrogens with two attached hydrogens (primary N) is 1. The van der Waals surface area contributed by atoms with Crippen LogP contribution < -0.4 is 5.73 Å². The molecule has 0 saturated carbocycles.